The molecule has 0 fully saturated rings. The molecule has 9 aromatic carbocycles. The van der Waals surface area contributed by atoms with Crippen LogP contribution in [0.1, 0.15) is 0 Å². The second-order valence-corrected chi connectivity index (χ2v) is 12.1. The van der Waals surface area contributed by atoms with Crippen molar-refractivity contribution in [2.24, 2.45) is 0 Å². The summed E-state index contributed by atoms with van der Waals surface area (Å²) >= 11 is 0. The zero-order valence-electron chi connectivity index (χ0n) is 25.8. The minimum atomic E-state index is 1.14. The van der Waals surface area contributed by atoms with E-state index in [1.807, 2.05) is 0 Å². The van der Waals surface area contributed by atoms with Crippen LogP contribution in [-0.4, -0.2) is 0 Å². The molecule has 0 unspecified atom stereocenters. The van der Waals surface area contributed by atoms with Crippen molar-refractivity contribution in [3.8, 4) is 22.3 Å². The van der Waals surface area contributed by atoms with Crippen molar-refractivity contribution in [2.75, 3.05) is 4.90 Å². The van der Waals surface area contributed by atoms with Crippen LogP contribution in [0.2, 0.25) is 0 Å². The summed E-state index contributed by atoms with van der Waals surface area (Å²) < 4.78 is 0. The monoisotopic (exact) mass is 597 g/mol. The zero-order chi connectivity index (χ0) is 31.2. The molecular formula is C46H31N. The van der Waals surface area contributed by atoms with Crippen molar-refractivity contribution in [1.29, 1.82) is 0 Å². The van der Waals surface area contributed by atoms with E-state index in [2.05, 4.69) is 193 Å². The van der Waals surface area contributed by atoms with Crippen molar-refractivity contribution >= 4 is 60.2 Å². The summed E-state index contributed by atoms with van der Waals surface area (Å²) in [6, 6.07) is 68.4. The smallest absolute Gasteiger partial charge is 0.0540 e. The van der Waals surface area contributed by atoms with E-state index in [4.69, 9.17) is 0 Å². The normalized spacial score (nSPS) is 11.4. The van der Waals surface area contributed by atoms with E-state index in [0.717, 1.165) is 17.1 Å². The third-order valence-electron chi connectivity index (χ3n) is 9.42. The van der Waals surface area contributed by atoms with E-state index in [9.17, 15) is 0 Å². The van der Waals surface area contributed by atoms with Gasteiger partial charge in [-0.3, -0.25) is 0 Å². The summed E-state index contributed by atoms with van der Waals surface area (Å²) in [5.74, 6) is 0. The fourth-order valence-electron chi connectivity index (χ4n) is 7.24. The molecule has 9 rings (SSSR count). The van der Waals surface area contributed by atoms with Gasteiger partial charge in [0, 0.05) is 16.5 Å². The Morgan fingerprint density at radius 3 is 1.60 bits per heavy atom. The van der Waals surface area contributed by atoms with Crippen LogP contribution < -0.4 is 4.90 Å². The van der Waals surface area contributed by atoms with Gasteiger partial charge in [0.05, 0.1) is 17.1 Å². The first-order valence-corrected chi connectivity index (χ1v) is 16.2. The highest BCUT2D eigenvalue weighted by molar-refractivity contribution is 6.15. The second-order valence-electron chi connectivity index (χ2n) is 12.1. The van der Waals surface area contributed by atoms with Crippen molar-refractivity contribution in [3.63, 3.8) is 0 Å². The molecule has 0 heterocycles. The van der Waals surface area contributed by atoms with Gasteiger partial charge in [0.1, 0.15) is 0 Å². The SMILES string of the molecule is c1ccc(N(c2ccccc2-c2cc3ccccc3c3ccccc23)c2cccc3ccccc23)c(-c2ccc3ccccc3c2)c1. The minimum absolute atomic E-state index is 1.14. The highest BCUT2D eigenvalue weighted by atomic mass is 15.1. The van der Waals surface area contributed by atoms with Gasteiger partial charge in [0.25, 0.3) is 0 Å². The van der Waals surface area contributed by atoms with Crippen molar-refractivity contribution in [2.45, 2.75) is 0 Å². The predicted octanol–water partition coefficient (Wildman–Crippen LogP) is 13.1. The topological polar surface area (TPSA) is 3.24 Å². The Labute approximate surface area is 274 Å². The average molecular weight is 598 g/mol. The van der Waals surface area contributed by atoms with E-state index in [1.165, 1.54) is 65.3 Å². The maximum absolute atomic E-state index is 2.48. The fourth-order valence-corrected chi connectivity index (χ4v) is 7.24. The van der Waals surface area contributed by atoms with Crippen molar-refractivity contribution in [3.05, 3.63) is 188 Å². The van der Waals surface area contributed by atoms with Crippen LogP contribution in [0.3, 0.4) is 0 Å². The van der Waals surface area contributed by atoms with Crippen LogP contribution in [-0.2, 0) is 0 Å². The Balaban J connectivity index is 1.36. The van der Waals surface area contributed by atoms with E-state index < -0.39 is 0 Å². The lowest BCUT2D eigenvalue weighted by atomic mass is 9.91. The number of fused-ring (bicyclic) bond motifs is 5. The summed E-state index contributed by atoms with van der Waals surface area (Å²) in [5.41, 5.74) is 8.21. The van der Waals surface area contributed by atoms with Gasteiger partial charge < -0.3 is 4.90 Å². The Kier molecular flexibility index (Phi) is 6.54. The molecule has 0 saturated heterocycles. The number of nitrogens with zero attached hydrogens (tertiary/aromatic N) is 1. The van der Waals surface area contributed by atoms with E-state index in [1.54, 1.807) is 0 Å². The van der Waals surface area contributed by atoms with Crippen LogP contribution in [0.25, 0.3) is 65.3 Å². The van der Waals surface area contributed by atoms with E-state index in [0.29, 0.717) is 0 Å². The first-order chi connectivity index (χ1) is 23.3. The van der Waals surface area contributed by atoms with Crippen molar-refractivity contribution < 1.29 is 0 Å². The number of benzene rings is 9. The number of anilines is 3. The quantitative estimate of drug-likeness (QED) is 0.178. The second kappa shape index (κ2) is 11.3. The third kappa shape index (κ3) is 4.64. The lowest BCUT2D eigenvalue weighted by Crippen LogP contribution is -2.13. The molecule has 1 nitrogen and oxygen atoms in total. The molecular weight excluding hydrogens is 567 g/mol. The van der Waals surface area contributed by atoms with Crippen LogP contribution >= 0.6 is 0 Å². The van der Waals surface area contributed by atoms with Crippen LogP contribution in [0.15, 0.2) is 188 Å². The molecule has 0 N–H and O–H groups in total. The first kappa shape index (κ1) is 27.2. The molecule has 0 amide bonds. The van der Waals surface area contributed by atoms with Gasteiger partial charge in [-0.25, -0.2) is 0 Å². The number of para-hydroxylation sites is 2. The summed E-state index contributed by atoms with van der Waals surface area (Å²) in [6.45, 7) is 0. The molecule has 0 aliphatic rings. The minimum Gasteiger partial charge on any atom is -0.309 e. The molecule has 0 spiro atoms. The van der Waals surface area contributed by atoms with E-state index >= 15 is 0 Å². The molecule has 47 heavy (non-hydrogen) atoms. The van der Waals surface area contributed by atoms with Gasteiger partial charge in [0.2, 0.25) is 0 Å². The Morgan fingerprint density at radius 2 is 0.787 bits per heavy atom. The van der Waals surface area contributed by atoms with Crippen LogP contribution in [0.4, 0.5) is 17.1 Å². The molecule has 0 bridgehead atoms. The summed E-state index contributed by atoms with van der Waals surface area (Å²) in [7, 11) is 0. The highest BCUT2D eigenvalue weighted by Crippen LogP contribution is 2.48. The average Bonchev–Trinajstić information content (AvgIpc) is 3.15. The molecule has 0 aliphatic heterocycles. The van der Waals surface area contributed by atoms with Crippen LogP contribution in [0, 0.1) is 0 Å². The molecule has 1 heteroatoms. The lowest BCUT2D eigenvalue weighted by Gasteiger charge is -2.31. The zero-order valence-corrected chi connectivity index (χ0v) is 25.8. The fraction of sp³-hybridized carbons (Fsp3) is 0. The standard InChI is InChI=1S/C46H31N/c1-2-16-34-30-36(29-28-32(34)14-1)39-21-9-11-25-44(39)47(45-27-13-18-33-15-3-6-20-38(33)45)46-26-12-10-24-42(46)43-31-35-17-4-5-19-37(35)40-22-7-8-23-41(40)43/h1-31H. The molecule has 0 saturated carbocycles. The number of hydrogen-bond donors (Lipinski definition) is 0. The number of rotatable bonds is 5. The number of hydrogen-bond acceptors (Lipinski definition) is 1. The Hall–Kier alpha value is -6.18. The maximum Gasteiger partial charge on any atom is 0.0540 e. The summed E-state index contributed by atoms with van der Waals surface area (Å²) in [5, 5.41) is 9.94. The highest BCUT2D eigenvalue weighted by Gasteiger charge is 2.23. The largest absolute Gasteiger partial charge is 0.309 e. The first-order valence-electron chi connectivity index (χ1n) is 16.2. The summed E-state index contributed by atoms with van der Waals surface area (Å²) in [4.78, 5) is 2.48. The molecule has 0 radical (unpaired) electrons. The maximum atomic E-state index is 2.48. The Bertz CT molecular complexity index is 2590. The lowest BCUT2D eigenvalue weighted by molar-refractivity contribution is 1.30. The van der Waals surface area contributed by atoms with Gasteiger partial charge in [0.15, 0.2) is 0 Å². The van der Waals surface area contributed by atoms with E-state index in [-0.39, 0.29) is 0 Å². The van der Waals surface area contributed by atoms with Gasteiger partial charge >= 0.3 is 0 Å². The van der Waals surface area contributed by atoms with Crippen molar-refractivity contribution in [1.82, 2.24) is 0 Å². The molecule has 0 aliphatic carbocycles. The third-order valence-corrected chi connectivity index (χ3v) is 9.42. The Morgan fingerprint density at radius 1 is 0.255 bits per heavy atom. The molecule has 0 aromatic heterocycles. The predicted molar refractivity (Wildman–Crippen MR) is 202 cm³/mol. The molecule has 9 aromatic rings. The van der Waals surface area contributed by atoms with Gasteiger partial charge in [-0.05, 0) is 79.2 Å². The summed E-state index contributed by atoms with van der Waals surface area (Å²) in [6.07, 6.45) is 0. The van der Waals surface area contributed by atoms with Gasteiger partial charge in [-0.2, -0.15) is 0 Å². The molecule has 220 valence electrons. The van der Waals surface area contributed by atoms with Gasteiger partial charge in [-0.1, -0.05) is 158 Å². The van der Waals surface area contributed by atoms with Crippen LogP contribution in [0.5, 0.6) is 0 Å². The molecule has 0 atom stereocenters. The van der Waals surface area contributed by atoms with Gasteiger partial charge in [-0.15, -0.1) is 0 Å².